The van der Waals surface area contributed by atoms with Gasteiger partial charge in [-0.15, -0.1) is 0 Å². The number of hydrogen-bond donors (Lipinski definition) is 1. The first-order valence-electron chi connectivity index (χ1n) is 6.52. The summed E-state index contributed by atoms with van der Waals surface area (Å²) in [6.07, 6.45) is 0. The highest BCUT2D eigenvalue weighted by Crippen LogP contribution is 2.17. The summed E-state index contributed by atoms with van der Waals surface area (Å²) in [5, 5.41) is 3.86. The van der Waals surface area contributed by atoms with Crippen molar-refractivity contribution in [3.8, 4) is 11.4 Å². The molecule has 0 atom stereocenters. The molecular weight excluding hydrogens is 292 g/mol. The lowest BCUT2D eigenvalue weighted by Gasteiger charge is -2.12. The molecule has 0 aliphatic rings. The van der Waals surface area contributed by atoms with Gasteiger partial charge in [-0.3, -0.25) is 0 Å². The van der Waals surface area contributed by atoms with Gasteiger partial charge in [0.2, 0.25) is 21.7 Å². The molecule has 2 N–H and O–H groups in total. The fourth-order valence-electron chi connectivity index (χ4n) is 1.74. The first-order chi connectivity index (χ1) is 9.96. The predicted molar refractivity (Wildman–Crippen MR) is 78.6 cm³/mol. The van der Waals surface area contributed by atoms with Crippen molar-refractivity contribution in [1.29, 1.82) is 0 Å². The Balaban J connectivity index is 2.14. The van der Waals surface area contributed by atoms with Crippen molar-refractivity contribution < 1.29 is 12.9 Å². The number of nitrogens with two attached hydrogens (primary N) is 1. The van der Waals surface area contributed by atoms with Gasteiger partial charge in [-0.05, 0) is 12.5 Å². The molecule has 1 aromatic heterocycles. The maximum atomic E-state index is 11.7. The fraction of sp³-hybridized carbons (Fsp3) is 0.385. The van der Waals surface area contributed by atoms with E-state index < -0.39 is 10.0 Å². The van der Waals surface area contributed by atoms with Gasteiger partial charge in [-0.1, -0.05) is 29.4 Å². The SMILES string of the molecule is CCS(=O)(=O)N(C)Cc1nc(-c2ccc(CN)cc2)no1. The van der Waals surface area contributed by atoms with Gasteiger partial charge in [0.05, 0.1) is 12.3 Å². The number of hydrogen-bond acceptors (Lipinski definition) is 6. The average molecular weight is 310 g/mol. The molecule has 0 saturated heterocycles. The van der Waals surface area contributed by atoms with Gasteiger partial charge in [0, 0.05) is 19.2 Å². The molecule has 1 heterocycles. The highest BCUT2D eigenvalue weighted by atomic mass is 32.2. The monoisotopic (exact) mass is 310 g/mol. The first kappa shape index (κ1) is 15.6. The van der Waals surface area contributed by atoms with Crippen molar-refractivity contribution in [3.63, 3.8) is 0 Å². The lowest BCUT2D eigenvalue weighted by Crippen LogP contribution is -2.27. The van der Waals surface area contributed by atoms with Crippen LogP contribution in [0, 0.1) is 0 Å². The van der Waals surface area contributed by atoms with Crippen LogP contribution in [0.1, 0.15) is 18.4 Å². The molecule has 0 spiro atoms. The molecule has 0 amide bonds. The molecule has 0 bridgehead atoms. The van der Waals surface area contributed by atoms with Crippen LogP contribution in [0.25, 0.3) is 11.4 Å². The van der Waals surface area contributed by atoms with Crippen molar-refractivity contribution in [2.45, 2.75) is 20.0 Å². The van der Waals surface area contributed by atoms with E-state index in [1.54, 1.807) is 6.92 Å². The molecule has 114 valence electrons. The zero-order chi connectivity index (χ0) is 15.5. The fourth-order valence-corrected chi connectivity index (χ4v) is 2.48. The highest BCUT2D eigenvalue weighted by Gasteiger charge is 2.19. The molecule has 2 aromatic rings. The van der Waals surface area contributed by atoms with Crippen LogP contribution < -0.4 is 5.73 Å². The number of rotatable bonds is 6. The van der Waals surface area contributed by atoms with Gasteiger partial charge < -0.3 is 10.3 Å². The van der Waals surface area contributed by atoms with Crippen molar-refractivity contribution in [2.24, 2.45) is 5.73 Å². The van der Waals surface area contributed by atoms with Crippen LogP contribution in [0.15, 0.2) is 28.8 Å². The smallest absolute Gasteiger partial charge is 0.242 e. The molecule has 1 aromatic carbocycles. The zero-order valence-electron chi connectivity index (χ0n) is 12.0. The third-order valence-corrected chi connectivity index (χ3v) is 4.92. The number of nitrogens with zero attached hydrogens (tertiary/aromatic N) is 3. The summed E-state index contributed by atoms with van der Waals surface area (Å²) >= 11 is 0. The minimum atomic E-state index is -3.27. The minimum absolute atomic E-state index is 0.0328. The van der Waals surface area contributed by atoms with E-state index in [4.69, 9.17) is 10.3 Å². The average Bonchev–Trinajstić information content (AvgIpc) is 2.95. The molecule has 7 nitrogen and oxygen atoms in total. The first-order valence-corrected chi connectivity index (χ1v) is 8.13. The molecular formula is C13H18N4O3S. The topological polar surface area (TPSA) is 102 Å². The molecule has 21 heavy (non-hydrogen) atoms. The molecule has 2 rings (SSSR count). The molecule has 8 heteroatoms. The Kier molecular flexibility index (Phi) is 4.71. The van der Waals surface area contributed by atoms with E-state index in [-0.39, 0.29) is 18.2 Å². The minimum Gasteiger partial charge on any atom is -0.338 e. The van der Waals surface area contributed by atoms with E-state index in [1.807, 2.05) is 24.3 Å². The number of sulfonamides is 1. The van der Waals surface area contributed by atoms with E-state index in [0.717, 1.165) is 11.1 Å². The van der Waals surface area contributed by atoms with Gasteiger partial charge in [0.25, 0.3) is 0 Å². The Morgan fingerprint density at radius 2 is 1.95 bits per heavy atom. The molecule has 0 aliphatic heterocycles. The van der Waals surface area contributed by atoms with Gasteiger partial charge in [-0.2, -0.15) is 9.29 Å². The van der Waals surface area contributed by atoms with Crippen LogP contribution in [-0.4, -0.2) is 35.7 Å². The highest BCUT2D eigenvalue weighted by molar-refractivity contribution is 7.89. The van der Waals surface area contributed by atoms with Gasteiger partial charge in [-0.25, -0.2) is 8.42 Å². The zero-order valence-corrected chi connectivity index (χ0v) is 12.8. The van der Waals surface area contributed by atoms with Crippen LogP contribution >= 0.6 is 0 Å². The summed E-state index contributed by atoms with van der Waals surface area (Å²) < 4.78 is 29.6. The maximum absolute atomic E-state index is 11.7. The quantitative estimate of drug-likeness (QED) is 0.853. The van der Waals surface area contributed by atoms with Crippen molar-refractivity contribution in [3.05, 3.63) is 35.7 Å². The third kappa shape index (κ3) is 3.66. The second kappa shape index (κ2) is 6.33. The Labute approximate surface area is 123 Å². The second-order valence-electron chi connectivity index (χ2n) is 4.57. The third-order valence-electron chi connectivity index (χ3n) is 3.11. The van der Waals surface area contributed by atoms with Crippen LogP contribution in [0.5, 0.6) is 0 Å². The molecule has 0 fully saturated rings. The summed E-state index contributed by atoms with van der Waals surface area (Å²) in [6.45, 7) is 2.12. The van der Waals surface area contributed by atoms with Crippen LogP contribution in [0.3, 0.4) is 0 Å². The maximum Gasteiger partial charge on any atom is 0.242 e. The van der Waals surface area contributed by atoms with Gasteiger partial charge in [0.1, 0.15) is 0 Å². The largest absolute Gasteiger partial charge is 0.338 e. The summed E-state index contributed by atoms with van der Waals surface area (Å²) in [5.41, 5.74) is 7.34. The predicted octanol–water partition coefficient (Wildman–Crippen LogP) is 0.977. The van der Waals surface area contributed by atoms with Crippen molar-refractivity contribution in [2.75, 3.05) is 12.8 Å². The standard InChI is InChI=1S/C13H18N4O3S/c1-3-21(18,19)17(2)9-12-15-13(16-20-12)11-6-4-10(8-14)5-7-11/h4-7H,3,8-9,14H2,1-2H3. The van der Waals surface area contributed by atoms with Crippen LogP contribution in [-0.2, 0) is 23.1 Å². The van der Waals surface area contributed by atoms with E-state index in [1.165, 1.54) is 11.4 Å². The van der Waals surface area contributed by atoms with E-state index in [2.05, 4.69) is 10.1 Å². The lowest BCUT2D eigenvalue weighted by atomic mass is 10.1. The molecule has 0 aliphatic carbocycles. The molecule has 0 radical (unpaired) electrons. The molecule has 0 unspecified atom stereocenters. The normalized spacial score (nSPS) is 12.0. The van der Waals surface area contributed by atoms with E-state index in [9.17, 15) is 8.42 Å². The van der Waals surface area contributed by atoms with Crippen molar-refractivity contribution in [1.82, 2.24) is 14.4 Å². The van der Waals surface area contributed by atoms with E-state index in [0.29, 0.717) is 12.4 Å². The van der Waals surface area contributed by atoms with Crippen molar-refractivity contribution >= 4 is 10.0 Å². The molecule has 0 saturated carbocycles. The Bertz CT molecular complexity index is 694. The van der Waals surface area contributed by atoms with Crippen LogP contribution in [0.4, 0.5) is 0 Å². The summed E-state index contributed by atoms with van der Waals surface area (Å²) in [7, 11) is -1.78. The van der Waals surface area contributed by atoms with Gasteiger partial charge in [0.15, 0.2) is 0 Å². The second-order valence-corrected chi connectivity index (χ2v) is 6.93. The summed E-state index contributed by atoms with van der Waals surface area (Å²) in [6, 6.07) is 7.48. The Hall–Kier alpha value is -1.77. The summed E-state index contributed by atoms with van der Waals surface area (Å²) in [4.78, 5) is 4.21. The van der Waals surface area contributed by atoms with E-state index >= 15 is 0 Å². The summed E-state index contributed by atoms with van der Waals surface area (Å²) in [5.74, 6) is 0.716. The Morgan fingerprint density at radius 3 is 2.52 bits per heavy atom. The van der Waals surface area contributed by atoms with Crippen LogP contribution in [0.2, 0.25) is 0 Å². The number of aromatic nitrogens is 2. The lowest BCUT2D eigenvalue weighted by molar-refractivity contribution is 0.337. The number of benzene rings is 1. The Morgan fingerprint density at radius 1 is 1.29 bits per heavy atom. The van der Waals surface area contributed by atoms with Gasteiger partial charge >= 0.3 is 0 Å².